The van der Waals surface area contributed by atoms with Crippen LogP contribution in [0.3, 0.4) is 0 Å². The Labute approximate surface area is 171 Å². The number of fused-ring (bicyclic) bond motifs is 1. The molecule has 1 aliphatic rings. The lowest BCUT2D eigenvalue weighted by atomic mass is 9.95. The Bertz CT molecular complexity index is 1020. The average Bonchev–Trinajstić information content (AvgIpc) is 2.65. The predicted octanol–water partition coefficient (Wildman–Crippen LogP) is 2.16. The number of rotatable bonds is 4. The number of carbonyl (C=O) groups is 1. The van der Waals surface area contributed by atoms with Gasteiger partial charge in [-0.25, -0.2) is 18.4 Å². The lowest BCUT2D eigenvalue weighted by Gasteiger charge is -2.36. The zero-order valence-electron chi connectivity index (χ0n) is 17.3. The molecule has 1 aromatic heterocycles. The van der Waals surface area contributed by atoms with E-state index in [4.69, 9.17) is 5.73 Å². The third kappa shape index (κ3) is 4.84. The van der Waals surface area contributed by atoms with Gasteiger partial charge in [0.1, 0.15) is 17.5 Å². The highest BCUT2D eigenvalue weighted by Crippen LogP contribution is 2.31. The van der Waals surface area contributed by atoms with Crippen LogP contribution < -0.4 is 16.0 Å². The molecule has 9 heteroatoms. The molecule has 2 heterocycles. The van der Waals surface area contributed by atoms with Crippen molar-refractivity contribution in [3.8, 4) is 0 Å². The summed E-state index contributed by atoms with van der Waals surface area (Å²) < 4.78 is 23.8. The van der Waals surface area contributed by atoms with Gasteiger partial charge in [-0.05, 0) is 31.0 Å². The number of hydrogen-bond donors (Lipinski definition) is 2. The van der Waals surface area contributed by atoms with E-state index in [1.54, 1.807) is 0 Å². The zero-order valence-corrected chi connectivity index (χ0v) is 18.2. The smallest absolute Gasteiger partial charge is 0.229 e. The van der Waals surface area contributed by atoms with E-state index in [-0.39, 0.29) is 11.8 Å². The van der Waals surface area contributed by atoms with Crippen LogP contribution in [0.2, 0.25) is 0 Å². The maximum absolute atomic E-state index is 12.3. The summed E-state index contributed by atoms with van der Waals surface area (Å²) in [7, 11) is -3.31. The van der Waals surface area contributed by atoms with Crippen molar-refractivity contribution in [2.45, 2.75) is 39.0 Å². The summed E-state index contributed by atoms with van der Waals surface area (Å²) >= 11 is 0. The third-order valence-corrected chi connectivity index (χ3v) is 6.64. The van der Waals surface area contributed by atoms with Crippen molar-refractivity contribution in [1.82, 2.24) is 9.97 Å². The van der Waals surface area contributed by atoms with Gasteiger partial charge in [-0.1, -0.05) is 20.8 Å². The maximum atomic E-state index is 12.3. The van der Waals surface area contributed by atoms with Gasteiger partial charge in [0.05, 0.1) is 5.52 Å². The number of nitrogens with one attached hydrogen (secondary N) is 1. The molecule has 1 saturated heterocycles. The standard InChI is InChI=1S/C20H29N5O3S/c1-20(2,3)19(26)24-14-7-8-16-15(10-14)18(23-12-22-16)25-9-5-6-13(11-25)17(21)29(4,27)28/h7-8,10,12-13,17H,5-6,9,11,21H2,1-4H3,(H,24,26). The molecule has 0 radical (unpaired) electrons. The third-order valence-electron chi connectivity index (χ3n) is 5.27. The van der Waals surface area contributed by atoms with Gasteiger partial charge in [-0.3, -0.25) is 4.79 Å². The van der Waals surface area contributed by atoms with E-state index in [1.807, 2.05) is 39.0 Å². The Kier molecular flexibility index (Phi) is 5.82. The summed E-state index contributed by atoms with van der Waals surface area (Å²) in [5.74, 6) is 0.493. The average molecular weight is 420 g/mol. The molecule has 0 bridgehead atoms. The second-order valence-electron chi connectivity index (χ2n) is 8.78. The van der Waals surface area contributed by atoms with Crippen LogP contribution in [0.5, 0.6) is 0 Å². The van der Waals surface area contributed by atoms with Crippen molar-refractivity contribution >= 4 is 38.2 Å². The van der Waals surface area contributed by atoms with E-state index in [1.165, 1.54) is 12.6 Å². The van der Waals surface area contributed by atoms with E-state index in [0.29, 0.717) is 12.2 Å². The fraction of sp³-hybridized carbons (Fsp3) is 0.550. The molecule has 158 valence electrons. The first kappa shape index (κ1) is 21.4. The van der Waals surface area contributed by atoms with Gasteiger partial charge in [0.15, 0.2) is 9.84 Å². The SMILES string of the molecule is CC(C)(C)C(=O)Nc1ccc2ncnc(N3CCCC(C(N)S(C)(=O)=O)C3)c2c1. The second kappa shape index (κ2) is 7.87. The van der Waals surface area contributed by atoms with Crippen molar-refractivity contribution in [2.75, 3.05) is 29.6 Å². The fourth-order valence-corrected chi connectivity index (χ4v) is 4.43. The van der Waals surface area contributed by atoms with Gasteiger partial charge in [0, 0.05) is 41.8 Å². The van der Waals surface area contributed by atoms with E-state index in [0.717, 1.165) is 36.1 Å². The van der Waals surface area contributed by atoms with Gasteiger partial charge in [-0.2, -0.15) is 0 Å². The predicted molar refractivity (Wildman–Crippen MR) is 115 cm³/mol. The number of nitrogens with zero attached hydrogens (tertiary/aromatic N) is 3. The van der Waals surface area contributed by atoms with Gasteiger partial charge in [0.2, 0.25) is 5.91 Å². The number of benzene rings is 1. The Morgan fingerprint density at radius 1 is 1.31 bits per heavy atom. The van der Waals surface area contributed by atoms with Gasteiger partial charge in [0.25, 0.3) is 0 Å². The first-order chi connectivity index (χ1) is 13.5. The number of anilines is 2. The van der Waals surface area contributed by atoms with Crippen LogP contribution in [0.4, 0.5) is 11.5 Å². The van der Waals surface area contributed by atoms with Crippen LogP contribution in [0.15, 0.2) is 24.5 Å². The molecule has 29 heavy (non-hydrogen) atoms. The van der Waals surface area contributed by atoms with Gasteiger partial charge >= 0.3 is 0 Å². The molecule has 2 atom stereocenters. The van der Waals surface area contributed by atoms with Crippen LogP contribution in [-0.2, 0) is 14.6 Å². The van der Waals surface area contributed by atoms with E-state index in [9.17, 15) is 13.2 Å². The van der Waals surface area contributed by atoms with Crippen LogP contribution in [0.1, 0.15) is 33.6 Å². The lowest BCUT2D eigenvalue weighted by molar-refractivity contribution is -0.123. The second-order valence-corrected chi connectivity index (χ2v) is 11.0. The summed E-state index contributed by atoms with van der Waals surface area (Å²) in [6, 6.07) is 5.54. The molecular formula is C20H29N5O3S. The minimum atomic E-state index is -3.31. The monoisotopic (exact) mass is 419 g/mol. The number of amides is 1. The van der Waals surface area contributed by atoms with Crippen molar-refractivity contribution in [3.63, 3.8) is 0 Å². The maximum Gasteiger partial charge on any atom is 0.229 e. The number of sulfone groups is 1. The Morgan fingerprint density at radius 3 is 2.69 bits per heavy atom. The topological polar surface area (TPSA) is 118 Å². The van der Waals surface area contributed by atoms with Crippen molar-refractivity contribution in [2.24, 2.45) is 17.1 Å². The zero-order chi connectivity index (χ0) is 21.4. The summed E-state index contributed by atoms with van der Waals surface area (Å²) in [4.78, 5) is 23.2. The van der Waals surface area contributed by atoms with Crippen molar-refractivity contribution < 1.29 is 13.2 Å². The largest absolute Gasteiger partial charge is 0.356 e. The minimum Gasteiger partial charge on any atom is -0.356 e. The highest BCUT2D eigenvalue weighted by molar-refractivity contribution is 7.91. The highest BCUT2D eigenvalue weighted by Gasteiger charge is 2.32. The Balaban J connectivity index is 1.92. The van der Waals surface area contributed by atoms with Crippen molar-refractivity contribution in [3.05, 3.63) is 24.5 Å². The van der Waals surface area contributed by atoms with Gasteiger partial charge in [-0.15, -0.1) is 0 Å². The number of aromatic nitrogens is 2. The lowest BCUT2D eigenvalue weighted by Crippen LogP contribution is -2.47. The van der Waals surface area contributed by atoms with E-state index >= 15 is 0 Å². The van der Waals surface area contributed by atoms with Crippen LogP contribution in [0.25, 0.3) is 10.9 Å². The molecule has 0 saturated carbocycles. The Morgan fingerprint density at radius 2 is 2.03 bits per heavy atom. The molecular weight excluding hydrogens is 390 g/mol. The molecule has 8 nitrogen and oxygen atoms in total. The normalized spacial score (nSPS) is 19.2. The summed E-state index contributed by atoms with van der Waals surface area (Å²) in [5.41, 5.74) is 6.93. The van der Waals surface area contributed by atoms with Crippen molar-refractivity contribution in [1.29, 1.82) is 0 Å². The number of piperidine rings is 1. The van der Waals surface area contributed by atoms with Crippen LogP contribution >= 0.6 is 0 Å². The number of carbonyl (C=O) groups excluding carboxylic acids is 1. The first-order valence-electron chi connectivity index (χ1n) is 9.72. The molecule has 1 aliphatic heterocycles. The molecule has 0 spiro atoms. The van der Waals surface area contributed by atoms with Gasteiger partial charge < -0.3 is 16.0 Å². The van der Waals surface area contributed by atoms with Crippen LogP contribution in [0, 0.1) is 11.3 Å². The summed E-state index contributed by atoms with van der Waals surface area (Å²) in [6.07, 6.45) is 4.28. The highest BCUT2D eigenvalue weighted by atomic mass is 32.2. The number of hydrogen-bond acceptors (Lipinski definition) is 7. The number of nitrogens with two attached hydrogens (primary N) is 1. The molecule has 3 N–H and O–H groups in total. The molecule has 2 unspecified atom stereocenters. The van der Waals surface area contributed by atoms with E-state index < -0.39 is 20.6 Å². The molecule has 1 fully saturated rings. The summed E-state index contributed by atoms with van der Waals surface area (Å²) in [6.45, 7) is 6.85. The first-order valence-corrected chi connectivity index (χ1v) is 11.7. The molecule has 3 rings (SSSR count). The molecule has 1 amide bonds. The quantitative estimate of drug-likeness (QED) is 0.779. The Hall–Kier alpha value is -2.26. The molecule has 1 aromatic carbocycles. The molecule has 2 aromatic rings. The van der Waals surface area contributed by atoms with E-state index in [2.05, 4.69) is 20.2 Å². The fourth-order valence-electron chi connectivity index (χ4n) is 3.51. The van der Waals surface area contributed by atoms with Crippen LogP contribution in [-0.4, -0.2) is 49.0 Å². The summed E-state index contributed by atoms with van der Waals surface area (Å²) in [5, 5.41) is 2.86. The molecule has 0 aliphatic carbocycles. The minimum absolute atomic E-state index is 0.0765.